The first-order valence-electron chi connectivity index (χ1n) is 9.88. The quantitative estimate of drug-likeness (QED) is 0.363. The van der Waals surface area contributed by atoms with Gasteiger partial charge < -0.3 is 14.4 Å². The Hall–Kier alpha value is -2.50. The van der Waals surface area contributed by atoms with E-state index in [0.717, 1.165) is 11.3 Å². The van der Waals surface area contributed by atoms with Crippen molar-refractivity contribution in [3.05, 3.63) is 51.9 Å². The molecule has 0 bridgehead atoms. The van der Waals surface area contributed by atoms with Crippen LogP contribution in [0.3, 0.4) is 0 Å². The standard InChI is InChI=1S/C21H21BrFN5O3S/c1-13-9-19(28-20(24-13)25-21(26-28)32-2)31-12-15-11-27(7-8-30-15)18(29)6-4-14-3-5-17(23)16(22)10-14/h3-6,9-10,15H,7-8,11-12H2,1-2H3. The molecule has 1 aliphatic rings. The summed E-state index contributed by atoms with van der Waals surface area (Å²) in [5, 5.41) is 4.99. The molecule has 0 aliphatic carbocycles. The van der Waals surface area contributed by atoms with Crippen LogP contribution in [-0.2, 0) is 9.53 Å². The fourth-order valence-corrected chi connectivity index (χ4v) is 3.95. The number of hydrogen-bond donors (Lipinski definition) is 0. The normalized spacial score (nSPS) is 16.8. The molecule has 0 saturated carbocycles. The molecule has 1 atom stereocenters. The number of carbonyl (C=O) groups is 1. The zero-order valence-electron chi connectivity index (χ0n) is 17.5. The fourth-order valence-electron chi connectivity index (χ4n) is 3.21. The monoisotopic (exact) mass is 521 g/mol. The Balaban J connectivity index is 1.38. The minimum atomic E-state index is -0.346. The fraction of sp³-hybridized carbons (Fsp3) is 0.333. The summed E-state index contributed by atoms with van der Waals surface area (Å²) in [6, 6.07) is 6.38. The summed E-state index contributed by atoms with van der Waals surface area (Å²) in [7, 11) is 0. The Morgan fingerprint density at radius 2 is 2.25 bits per heavy atom. The van der Waals surface area contributed by atoms with Crippen molar-refractivity contribution in [1.82, 2.24) is 24.5 Å². The van der Waals surface area contributed by atoms with Gasteiger partial charge in [0.1, 0.15) is 18.5 Å². The van der Waals surface area contributed by atoms with E-state index in [4.69, 9.17) is 9.47 Å². The molecule has 1 aliphatic heterocycles. The number of benzene rings is 1. The molecule has 0 N–H and O–H groups in total. The molecule has 11 heteroatoms. The lowest BCUT2D eigenvalue weighted by Crippen LogP contribution is -2.47. The summed E-state index contributed by atoms with van der Waals surface area (Å²) in [5.41, 5.74) is 1.50. The van der Waals surface area contributed by atoms with E-state index < -0.39 is 0 Å². The predicted molar refractivity (Wildman–Crippen MR) is 122 cm³/mol. The van der Waals surface area contributed by atoms with E-state index in [1.165, 1.54) is 23.9 Å². The number of ether oxygens (including phenoxy) is 2. The highest BCUT2D eigenvalue weighted by Crippen LogP contribution is 2.19. The van der Waals surface area contributed by atoms with E-state index in [0.29, 0.717) is 41.0 Å². The summed E-state index contributed by atoms with van der Waals surface area (Å²) in [6.07, 6.45) is 4.76. The molecule has 1 aromatic carbocycles. The highest BCUT2D eigenvalue weighted by atomic mass is 79.9. The van der Waals surface area contributed by atoms with Gasteiger partial charge >= 0.3 is 0 Å². The summed E-state index contributed by atoms with van der Waals surface area (Å²) in [5.74, 6) is 0.515. The number of amides is 1. The van der Waals surface area contributed by atoms with Gasteiger partial charge in [-0.25, -0.2) is 9.37 Å². The van der Waals surface area contributed by atoms with Gasteiger partial charge in [-0.3, -0.25) is 4.79 Å². The van der Waals surface area contributed by atoms with Crippen LogP contribution in [0.4, 0.5) is 4.39 Å². The van der Waals surface area contributed by atoms with E-state index in [1.54, 1.807) is 33.7 Å². The topological polar surface area (TPSA) is 81.9 Å². The maximum Gasteiger partial charge on any atom is 0.256 e. The maximum atomic E-state index is 13.4. The van der Waals surface area contributed by atoms with Gasteiger partial charge in [-0.05, 0) is 52.9 Å². The molecule has 3 aromatic rings. The molecular weight excluding hydrogens is 501 g/mol. The van der Waals surface area contributed by atoms with Crippen LogP contribution in [0.25, 0.3) is 11.9 Å². The minimum absolute atomic E-state index is 0.137. The van der Waals surface area contributed by atoms with Gasteiger partial charge in [-0.1, -0.05) is 17.8 Å². The lowest BCUT2D eigenvalue weighted by Gasteiger charge is -2.32. The van der Waals surface area contributed by atoms with E-state index >= 15 is 0 Å². The maximum absolute atomic E-state index is 13.4. The van der Waals surface area contributed by atoms with Gasteiger partial charge in [0.25, 0.3) is 5.78 Å². The van der Waals surface area contributed by atoms with Crippen molar-refractivity contribution in [3.63, 3.8) is 0 Å². The third-order valence-electron chi connectivity index (χ3n) is 4.80. The molecule has 1 unspecified atom stereocenters. The van der Waals surface area contributed by atoms with Crippen LogP contribution < -0.4 is 4.74 Å². The van der Waals surface area contributed by atoms with E-state index in [9.17, 15) is 9.18 Å². The largest absolute Gasteiger partial charge is 0.475 e. The Kier molecular flexibility index (Phi) is 7.07. The molecule has 0 spiro atoms. The van der Waals surface area contributed by atoms with Crippen molar-refractivity contribution >= 4 is 45.5 Å². The van der Waals surface area contributed by atoms with Crippen LogP contribution >= 0.6 is 27.7 Å². The number of carbonyl (C=O) groups excluding carboxylic acids is 1. The lowest BCUT2D eigenvalue weighted by molar-refractivity contribution is -0.134. The third-order valence-corrected chi connectivity index (χ3v) is 5.95. The minimum Gasteiger partial charge on any atom is -0.475 e. The van der Waals surface area contributed by atoms with Gasteiger partial charge in [-0.2, -0.15) is 9.50 Å². The van der Waals surface area contributed by atoms with Crippen LogP contribution in [-0.4, -0.2) is 69.1 Å². The Bertz CT molecular complexity index is 1170. The van der Waals surface area contributed by atoms with Crippen LogP contribution in [0.2, 0.25) is 0 Å². The summed E-state index contributed by atoms with van der Waals surface area (Å²) >= 11 is 4.58. The molecule has 168 valence electrons. The number of thioether (sulfide) groups is 1. The molecule has 4 rings (SSSR count). The highest BCUT2D eigenvalue weighted by Gasteiger charge is 2.24. The van der Waals surface area contributed by atoms with E-state index in [1.807, 2.05) is 13.2 Å². The first-order chi connectivity index (χ1) is 15.4. The third kappa shape index (κ3) is 5.28. The van der Waals surface area contributed by atoms with Crippen molar-refractivity contribution in [2.75, 3.05) is 32.6 Å². The van der Waals surface area contributed by atoms with Crippen molar-refractivity contribution in [3.8, 4) is 5.88 Å². The molecule has 0 radical (unpaired) electrons. The number of hydrogen-bond acceptors (Lipinski definition) is 7. The number of aromatic nitrogens is 4. The molecule has 1 saturated heterocycles. The summed E-state index contributed by atoms with van der Waals surface area (Å²) in [6.45, 7) is 3.43. The highest BCUT2D eigenvalue weighted by molar-refractivity contribution is 9.10. The first-order valence-corrected chi connectivity index (χ1v) is 11.9. The van der Waals surface area contributed by atoms with Gasteiger partial charge in [0.15, 0.2) is 0 Å². The molecule has 3 heterocycles. The molecule has 8 nitrogen and oxygen atoms in total. The summed E-state index contributed by atoms with van der Waals surface area (Å²) < 4.78 is 27.0. The lowest BCUT2D eigenvalue weighted by atomic mass is 10.2. The van der Waals surface area contributed by atoms with Gasteiger partial charge in [0.2, 0.25) is 16.9 Å². The van der Waals surface area contributed by atoms with E-state index in [2.05, 4.69) is 31.0 Å². The number of morpholine rings is 1. The Morgan fingerprint density at radius 1 is 1.41 bits per heavy atom. The zero-order chi connectivity index (χ0) is 22.7. The second-order valence-corrected chi connectivity index (χ2v) is 8.77. The van der Waals surface area contributed by atoms with Crippen LogP contribution in [0.15, 0.2) is 40.0 Å². The summed E-state index contributed by atoms with van der Waals surface area (Å²) in [4.78, 5) is 23.0. The van der Waals surface area contributed by atoms with E-state index in [-0.39, 0.29) is 24.4 Å². The van der Waals surface area contributed by atoms with Gasteiger partial charge in [-0.15, -0.1) is 5.10 Å². The van der Waals surface area contributed by atoms with Crippen LogP contribution in [0.5, 0.6) is 5.88 Å². The van der Waals surface area contributed by atoms with Crippen molar-refractivity contribution in [1.29, 1.82) is 0 Å². The number of fused-ring (bicyclic) bond motifs is 1. The Morgan fingerprint density at radius 3 is 3.03 bits per heavy atom. The van der Waals surface area contributed by atoms with Crippen molar-refractivity contribution in [2.24, 2.45) is 0 Å². The Labute approximate surface area is 196 Å². The first kappa shape index (κ1) is 22.7. The number of rotatable bonds is 6. The number of nitrogens with zero attached hydrogens (tertiary/aromatic N) is 5. The smallest absolute Gasteiger partial charge is 0.256 e. The van der Waals surface area contributed by atoms with Gasteiger partial charge in [0, 0.05) is 24.4 Å². The number of halogens is 2. The molecule has 32 heavy (non-hydrogen) atoms. The van der Waals surface area contributed by atoms with Crippen molar-refractivity contribution < 1.29 is 18.7 Å². The molecular formula is C21H21BrFN5O3S. The number of aryl methyl sites for hydroxylation is 1. The average Bonchev–Trinajstić information content (AvgIpc) is 3.21. The predicted octanol–water partition coefficient (Wildman–Crippen LogP) is 3.38. The second kappa shape index (κ2) is 9.97. The van der Waals surface area contributed by atoms with Gasteiger partial charge in [0.05, 0.1) is 17.6 Å². The second-order valence-electron chi connectivity index (χ2n) is 7.14. The zero-order valence-corrected chi connectivity index (χ0v) is 19.9. The van der Waals surface area contributed by atoms with Crippen molar-refractivity contribution in [2.45, 2.75) is 18.2 Å². The molecule has 2 aromatic heterocycles. The molecule has 1 fully saturated rings. The molecule has 1 amide bonds. The SMILES string of the molecule is CSc1nc2nc(C)cc(OCC3CN(C(=O)C=Cc4ccc(F)c(Br)c4)CCO3)n2n1. The van der Waals surface area contributed by atoms with Crippen LogP contribution in [0, 0.1) is 12.7 Å². The average molecular weight is 522 g/mol. The van der Waals surface area contributed by atoms with Crippen LogP contribution in [0.1, 0.15) is 11.3 Å².